The highest BCUT2D eigenvalue weighted by Gasteiger charge is 2.14. The van der Waals surface area contributed by atoms with Crippen LogP contribution in [0.4, 0.5) is 0 Å². The first-order valence-electron chi connectivity index (χ1n) is 11.4. The number of rotatable bonds is 7. The van der Waals surface area contributed by atoms with Crippen molar-refractivity contribution >= 4 is 38.0 Å². The van der Waals surface area contributed by atoms with Crippen LogP contribution in [0.3, 0.4) is 0 Å². The zero-order valence-corrected chi connectivity index (χ0v) is 19.4. The topological polar surface area (TPSA) is 49.6 Å². The van der Waals surface area contributed by atoms with Crippen LogP contribution in [-0.2, 0) is 0 Å². The number of hydrogen-bond donors (Lipinski definition) is 1. The molecule has 4 rings (SSSR count). The van der Waals surface area contributed by atoms with E-state index in [0.717, 1.165) is 46.0 Å². The van der Waals surface area contributed by atoms with E-state index >= 15 is 0 Å². The van der Waals surface area contributed by atoms with Crippen LogP contribution in [0.2, 0.25) is 0 Å². The Labute approximate surface area is 188 Å². The van der Waals surface area contributed by atoms with Crippen LogP contribution in [0.1, 0.15) is 62.0 Å². The number of imidazole rings is 1. The van der Waals surface area contributed by atoms with Gasteiger partial charge in [-0.15, -0.1) is 0 Å². The lowest BCUT2D eigenvalue weighted by Gasteiger charge is -2.19. The molecule has 1 saturated heterocycles. The van der Waals surface area contributed by atoms with Crippen LogP contribution in [0, 0.1) is 0 Å². The number of amides is 1. The van der Waals surface area contributed by atoms with Crippen molar-refractivity contribution in [1.82, 2.24) is 19.6 Å². The van der Waals surface area contributed by atoms with Gasteiger partial charge in [-0.05, 0) is 76.5 Å². The van der Waals surface area contributed by atoms with Crippen LogP contribution >= 0.6 is 11.3 Å². The molecule has 0 aliphatic carbocycles. The molecule has 0 spiro atoms. The molecule has 6 heteroatoms. The van der Waals surface area contributed by atoms with Gasteiger partial charge in [0.1, 0.15) is 0 Å². The van der Waals surface area contributed by atoms with E-state index in [1.54, 1.807) is 11.3 Å². The largest absolute Gasteiger partial charge is 0.352 e. The molecule has 1 amide bonds. The van der Waals surface area contributed by atoms with Gasteiger partial charge in [0.15, 0.2) is 4.96 Å². The summed E-state index contributed by atoms with van der Waals surface area (Å²) in [7, 11) is 0. The minimum atomic E-state index is 0.000476. The summed E-state index contributed by atoms with van der Waals surface area (Å²) in [6, 6.07) is 5.93. The number of nitrogens with zero attached hydrogens (tertiary/aromatic N) is 3. The first-order valence-corrected chi connectivity index (χ1v) is 12.2. The Morgan fingerprint density at radius 3 is 2.74 bits per heavy atom. The lowest BCUT2D eigenvalue weighted by molar-refractivity contribution is 0.0952. The third-order valence-corrected chi connectivity index (χ3v) is 6.98. The Morgan fingerprint density at radius 1 is 1.19 bits per heavy atom. The normalized spacial score (nSPS) is 16.4. The predicted molar refractivity (Wildman–Crippen MR) is 131 cm³/mol. The summed E-state index contributed by atoms with van der Waals surface area (Å²) < 4.78 is 3.23. The maximum atomic E-state index is 12.7. The van der Waals surface area contributed by atoms with E-state index in [1.807, 2.05) is 38.1 Å². The second-order valence-corrected chi connectivity index (χ2v) is 9.18. The van der Waals surface area contributed by atoms with Crippen molar-refractivity contribution in [3.63, 3.8) is 0 Å². The molecule has 0 atom stereocenters. The molecule has 1 aliphatic heterocycles. The fraction of sp³-hybridized carbons (Fsp3) is 0.440. The van der Waals surface area contributed by atoms with Gasteiger partial charge in [-0.25, -0.2) is 4.98 Å². The zero-order chi connectivity index (χ0) is 21.6. The molecule has 31 heavy (non-hydrogen) atoms. The molecule has 0 bridgehead atoms. The number of allylic oxidation sites excluding steroid dienone is 4. The summed E-state index contributed by atoms with van der Waals surface area (Å²) >= 11 is 1.65. The highest BCUT2D eigenvalue weighted by Crippen LogP contribution is 2.29. The van der Waals surface area contributed by atoms with E-state index in [4.69, 9.17) is 4.98 Å². The number of hydrogen-bond acceptors (Lipinski definition) is 4. The number of benzene rings is 1. The van der Waals surface area contributed by atoms with Crippen LogP contribution in [0.5, 0.6) is 0 Å². The summed E-state index contributed by atoms with van der Waals surface area (Å²) in [6.45, 7) is 8.23. The van der Waals surface area contributed by atoms with Gasteiger partial charge in [0.05, 0.1) is 15.9 Å². The van der Waals surface area contributed by atoms with Crippen molar-refractivity contribution in [2.75, 3.05) is 26.2 Å². The van der Waals surface area contributed by atoms with Gasteiger partial charge in [0, 0.05) is 18.3 Å². The summed E-state index contributed by atoms with van der Waals surface area (Å²) in [4.78, 5) is 21.0. The van der Waals surface area contributed by atoms with E-state index in [0.29, 0.717) is 5.56 Å². The number of carbonyl (C=O) groups is 1. The minimum Gasteiger partial charge on any atom is -0.352 e. The molecule has 164 valence electrons. The Balaban J connectivity index is 1.43. The van der Waals surface area contributed by atoms with Gasteiger partial charge in [0.2, 0.25) is 0 Å². The van der Waals surface area contributed by atoms with Crippen LogP contribution in [-0.4, -0.2) is 46.4 Å². The third-order valence-electron chi connectivity index (χ3n) is 5.94. The Hall–Kier alpha value is -2.44. The van der Waals surface area contributed by atoms with Crippen molar-refractivity contribution in [3.8, 4) is 0 Å². The molecule has 3 heterocycles. The van der Waals surface area contributed by atoms with Crippen molar-refractivity contribution in [2.45, 2.75) is 46.0 Å². The molecular weight excluding hydrogens is 404 g/mol. The van der Waals surface area contributed by atoms with Crippen molar-refractivity contribution in [3.05, 3.63) is 53.9 Å². The average molecular weight is 437 g/mol. The average Bonchev–Trinajstić information content (AvgIpc) is 3.22. The first-order chi connectivity index (χ1) is 15.2. The SMILES string of the molecule is C/C=C\C(=C/C)c1cn2c(n1)sc1ccc(C(=O)NCCCN3CCCCCC3)cc12. The lowest BCUT2D eigenvalue weighted by atomic mass is 10.2. The lowest BCUT2D eigenvalue weighted by Crippen LogP contribution is -2.30. The summed E-state index contributed by atoms with van der Waals surface area (Å²) in [5.74, 6) is 0.000476. The first kappa shape index (κ1) is 21.8. The van der Waals surface area contributed by atoms with E-state index in [2.05, 4.69) is 33.0 Å². The highest BCUT2D eigenvalue weighted by atomic mass is 32.1. The highest BCUT2D eigenvalue weighted by molar-refractivity contribution is 7.23. The van der Waals surface area contributed by atoms with Crippen LogP contribution in [0.25, 0.3) is 20.8 Å². The second-order valence-electron chi connectivity index (χ2n) is 8.17. The molecule has 1 aliphatic rings. The van der Waals surface area contributed by atoms with Gasteiger partial charge in [-0.2, -0.15) is 0 Å². The quantitative estimate of drug-likeness (QED) is 0.392. The molecular formula is C25H32N4OS. The smallest absolute Gasteiger partial charge is 0.251 e. The van der Waals surface area contributed by atoms with Crippen molar-refractivity contribution in [1.29, 1.82) is 0 Å². The van der Waals surface area contributed by atoms with Crippen molar-refractivity contribution < 1.29 is 4.79 Å². The van der Waals surface area contributed by atoms with Gasteiger partial charge in [0.25, 0.3) is 5.91 Å². The number of thiazole rings is 1. The van der Waals surface area contributed by atoms with E-state index in [1.165, 1.54) is 38.8 Å². The van der Waals surface area contributed by atoms with Crippen LogP contribution in [0.15, 0.2) is 42.6 Å². The van der Waals surface area contributed by atoms with Gasteiger partial charge in [-0.3, -0.25) is 9.20 Å². The maximum absolute atomic E-state index is 12.7. The fourth-order valence-corrected chi connectivity index (χ4v) is 5.24. The molecule has 1 aromatic carbocycles. The summed E-state index contributed by atoms with van der Waals surface area (Å²) in [5, 5.41) is 3.10. The molecule has 0 saturated carbocycles. The Morgan fingerprint density at radius 2 is 2.00 bits per heavy atom. The summed E-state index contributed by atoms with van der Waals surface area (Å²) in [5.41, 5.74) is 3.80. The fourth-order valence-electron chi connectivity index (χ4n) is 4.25. The Bertz CT molecular complexity index is 1100. The van der Waals surface area contributed by atoms with Gasteiger partial charge in [-0.1, -0.05) is 42.4 Å². The van der Waals surface area contributed by atoms with Gasteiger partial charge < -0.3 is 10.2 Å². The molecule has 1 fully saturated rings. The molecule has 5 nitrogen and oxygen atoms in total. The predicted octanol–water partition coefficient (Wildman–Crippen LogP) is 5.52. The summed E-state index contributed by atoms with van der Waals surface area (Å²) in [6.07, 6.45) is 14.5. The maximum Gasteiger partial charge on any atom is 0.251 e. The van der Waals surface area contributed by atoms with E-state index in [-0.39, 0.29) is 5.91 Å². The molecule has 3 aromatic rings. The number of likely N-dealkylation sites (tertiary alicyclic amines) is 1. The molecule has 0 unspecified atom stereocenters. The Kier molecular flexibility index (Phi) is 7.20. The molecule has 2 aromatic heterocycles. The second kappa shape index (κ2) is 10.2. The molecule has 0 radical (unpaired) electrons. The van der Waals surface area contributed by atoms with Crippen molar-refractivity contribution in [2.24, 2.45) is 0 Å². The number of fused-ring (bicyclic) bond motifs is 3. The van der Waals surface area contributed by atoms with Crippen LogP contribution < -0.4 is 5.32 Å². The third kappa shape index (κ3) is 5.08. The van der Waals surface area contributed by atoms with Gasteiger partial charge >= 0.3 is 0 Å². The monoisotopic (exact) mass is 436 g/mol. The minimum absolute atomic E-state index is 0.000476. The molecule has 1 N–H and O–H groups in total. The number of nitrogens with one attached hydrogen (secondary N) is 1. The van der Waals surface area contributed by atoms with E-state index in [9.17, 15) is 4.79 Å². The standard InChI is InChI=1S/C25H32N4OS/c1-3-10-19(4-2)21-18-29-22-17-20(11-12-23(22)31-25(29)27-21)24(30)26-13-9-16-28-14-7-5-6-8-15-28/h3-4,10-12,17-18H,5-9,13-16H2,1-2H3,(H,26,30)/b10-3-,19-4+. The zero-order valence-electron chi connectivity index (χ0n) is 18.6. The van der Waals surface area contributed by atoms with E-state index < -0.39 is 0 Å². The number of aromatic nitrogens is 2. The number of carbonyl (C=O) groups excluding carboxylic acids is 1.